The number of nitrogens with one attached hydrogen (secondary N) is 1. The first-order valence-electron chi connectivity index (χ1n) is 7.44. The van der Waals surface area contributed by atoms with E-state index in [-0.39, 0.29) is 11.6 Å². The van der Waals surface area contributed by atoms with Crippen LogP contribution in [0.4, 0.5) is 11.4 Å². The minimum absolute atomic E-state index is 0.0242. The van der Waals surface area contributed by atoms with Gasteiger partial charge in [-0.25, -0.2) is 0 Å². The Balaban J connectivity index is 1.50. The lowest BCUT2D eigenvalue weighted by atomic mass is 10.1. The third kappa shape index (κ3) is 3.94. The first-order valence-corrected chi connectivity index (χ1v) is 8.32. The highest BCUT2D eigenvalue weighted by atomic mass is 32.1. The number of thiophene rings is 1. The topological polar surface area (TPSA) is 75.5 Å². The summed E-state index contributed by atoms with van der Waals surface area (Å²) in [5.74, 6) is -0.124. The number of hydrogen-bond donors (Lipinski definition) is 1. The summed E-state index contributed by atoms with van der Waals surface area (Å²) in [6.07, 6.45) is 1.42. The van der Waals surface area contributed by atoms with E-state index < -0.39 is 4.92 Å². The molecular formula is C16H17N3O3S. The predicted octanol–water partition coefficient (Wildman–Crippen LogP) is 3.04. The fraction of sp³-hybridized carbons (Fsp3) is 0.312. The summed E-state index contributed by atoms with van der Waals surface area (Å²) < 4.78 is 0. The summed E-state index contributed by atoms with van der Waals surface area (Å²) in [7, 11) is 0. The van der Waals surface area contributed by atoms with E-state index in [0.29, 0.717) is 18.7 Å². The molecule has 120 valence electrons. The second kappa shape index (κ2) is 6.89. The van der Waals surface area contributed by atoms with E-state index in [1.54, 1.807) is 23.5 Å². The van der Waals surface area contributed by atoms with E-state index in [4.69, 9.17) is 0 Å². The number of amides is 1. The second-order valence-electron chi connectivity index (χ2n) is 5.50. The number of anilines is 1. The summed E-state index contributed by atoms with van der Waals surface area (Å²) in [4.78, 5) is 26.0. The molecule has 3 rings (SSSR count). The second-order valence-corrected chi connectivity index (χ2v) is 6.50. The molecule has 0 aliphatic carbocycles. The molecule has 6 nitrogen and oxygen atoms in total. The lowest BCUT2D eigenvalue weighted by Gasteiger charge is -2.26. The van der Waals surface area contributed by atoms with Gasteiger partial charge in [0.2, 0.25) is 5.91 Å². The van der Waals surface area contributed by atoms with Gasteiger partial charge in [-0.15, -0.1) is 11.3 Å². The largest absolute Gasteiger partial charge is 0.326 e. The van der Waals surface area contributed by atoms with Crippen molar-refractivity contribution in [3.63, 3.8) is 0 Å². The fourth-order valence-electron chi connectivity index (χ4n) is 2.68. The van der Waals surface area contributed by atoms with Gasteiger partial charge in [0.05, 0.1) is 4.92 Å². The van der Waals surface area contributed by atoms with E-state index in [1.807, 2.05) is 0 Å². The molecule has 1 aromatic carbocycles. The molecule has 0 saturated heterocycles. The normalized spacial score (nSPS) is 14.3. The van der Waals surface area contributed by atoms with Gasteiger partial charge in [0.1, 0.15) is 0 Å². The number of fused-ring (bicyclic) bond motifs is 1. The molecule has 0 bridgehead atoms. The maximum absolute atomic E-state index is 12.0. The van der Waals surface area contributed by atoms with E-state index in [0.717, 1.165) is 19.5 Å². The van der Waals surface area contributed by atoms with Crippen molar-refractivity contribution in [1.29, 1.82) is 0 Å². The van der Waals surface area contributed by atoms with Gasteiger partial charge in [-0.05, 0) is 29.5 Å². The van der Waals surface area contributed by atoms with Crippen LogP contribution in [0.3, 0.4) is 0 Å². The number of nitro benzene ring substituents is 1. The van der Waals surface area contributed by atoms with Crippen molar-refractivity contribution in [3.8, 4) is 0 Å². The molecule has 0 saturated carbocycles. The van der Waals surface area contributed by atoms with Gasteiger partial charge in [0.15, 0.2) is 0 Å². The lowest BCUT2D eigenvalue weighted by Crippen LogP contribution is -2.32. The smallest absolute Gasteiger partial charge is 0.271 e. The van der Waals surface area contributed by atoms with Crippen LogP contribution in [-0.2, 0) is 17.8 Å². The van der Waals surface area contributed by atoms with Crippen LogP contribution in [0.25, 0.3) is 0 Å². The summed E-state index contributed by atoms with van der Waals surface area (Å²) in [6.45, 7) is 2.55. The molecule has 1 aliphatic rings. The molecule has 0 radical (unpaired) electrons. The Morgan fingerprint density at radius 3 is 3.09 bits per heavy atom. The Kier molecular flexibility index (Phi) is 4.68. The third-order valence-electron chi connectivity index (χ3n) is 3.88. The zero-order valence-corrected chi connectivity index (χ0v) is 13.3. The summed E-state index contributed by atoms with van der Waals surface area (Å²) in [6, 6.07) is 8.15. The van der Waals surface area contributed by atoms with E-state index in [9.17, 15) is 14.9 Å². The maximum atomic E-state index is 12.0. The van der Waals surface area contributed by atoms with Crippen LogP contribution >= 0.6 is 11.3 Å². The molecule has 0 atom stereocenters. The van der Waals surface area contributed by atoms with Crippen molar-refractivity contribution in [2.75, 3.05) is 18.4 Å². The lowest BCUT2D eigenvalue weighted by molar-refractivity contribution is -0.384. The van der Waals surface area contributed by atoms with Crippen molar-refractivity contribution in [2.24, 2.45) is 0 Å². The van der Waals surface area contributed by atoms with Crippen molar-refractivity contribution >= 4 is 28.6 Å². The predicted molar refractivity (Wildman–Crippen MR) is 89.6 cm³/mol. The molecule has 2 aromatic rings. The molecular weight excluding hydrogens is 314 g/mol. The quantitative estimate of drug-likeness (QED) is 0.675. The summed E-state index contributed by atoms with van der Waals surface area (Å²) >= 11 is 1.80. The number of rotatable bonds is 5. The van der Waals surface area contributed by atoms with Crippen molar-refractivity contribution < 1.29 is 9.72 Å². The van der Waals surface area contributed by atoms with Crippen LogP contribution in [0.2, 0.25) is 0 Å². The highest BCUT2D eigenvalue weighted by molar-refractivity contribution is 7.10. The summed E-state index contributed by atoms with van der Waals surface area (Å²) in [5, 5.41) is 15.6. The van der Waals surface area contributed by atoms with Crippen LogP contribution in [-0.4, -0.2) is 28.8 Å². The molecule has 1 N–H and O–H groups in total. The van der Waals surface area contributed by atoms with Gasteiger partial charge < -0.3 is 5.32 Å². The minimum Gasteiger partial charge on any atom is -0.326 e. The molecule has 1 aromatic heterocycles. The standard InChI is InChI=1S/C16H17N3O3S/c20-16(17-13-2-1-3-14(10-13)19(21)22)5-8-18-7-4-15-12(11-18)6-9-23-15/h1-3,6,9-10H,4-5,7-8,11H2,(H,17,20). The number of hydrogen-bond acceptors (Lipinski definition) is 5. The number of carbonyl (C=O) groups excluding carboxylic acids is 1. The Morgan fingerprint density at radius 1 is 1.39 bits per heavy atom. The van der Waals surface area contributed by atoms with E-state index in [1.165, 1.54) is 22.6 Å². The van der Waals surface area contributed by atoms with Gasteiger partial charge in [0, 0.05) is 48.8 Å². The number of carbonyl (C=O) groups is 1. The maximum Gasteiger partial charge on any atom is 0.271 e. The highest BCUT2D eigenvalue weighted by Gasteiger charge is 2.17. The van der Waals surface area contributed by atoms with Crippen molar-refractivity contribution in [1.82, 2.24) is 4.90 Å². The average molecular weight is 331 g/mol. The zero-order chi connectivity index (χ0) is 16.2. The first kappa shape index (κ1) is 15.6. The molecule has 2 heterocycles. The molecule has 0 unspecified atom stereocenters. The van der Waals surface area contributed by atoms with E-state index in [2.05, 4.69) is 21.7 Å². The van der Waals surface area contributed by atoms with Crippen LogP contribution in [0.5, 0.6) is 0 Å². The van der Waals surface area contributed by atoms with Crippen LogP contribution in [0, 0.1) is 10.1 Å². The molecule has 23 heavy (non-hydrogen) atoms. The number of benzene rings is 1. The van der Waals surface area contributed by atoms with Crippen LogP contribution < -0.4 is 5.32 Å². The molecule has 7 heteroatoms. The molecule has 0 fully saturated rings. The van der Waals surface area contributed by atoms with Gasteiger partial charge in [-0.3, -0.25) is 19.8 Å². The van der Waals surface area contributed by atoms with Crippen LogP contribution in [0.1, 0.15) is 16.9 Å². The van der Waals surface area contributed by atoms with Crippen LogP contribution in [0.15, 0.2) is 35.7 Å². The first-order chi connectivity index (χ1) is 11.1. The Bertz CT molecular complexity index is 729. The number of nitrogens with zero attached hydrogens (tertiary/aromatic N) is 2. The third-order valence-corrected chi connectivity index (χ3v) is 4.91. The monoisotopic (exact) mass is 331 g/mol. The van der Waals surface area contributed by atoms with Gasteiger partial charge in [-0.1, -0.05) is 6.07 Å². The molecule has 1 amide bonds. The van der Waals surface area contributed by atoms with Gasteiger partial charge in [-0.2, -0.15) is 0 Å². The Hall–Kier alpha value is -2.25. The Morgan fingerprint density at radius 2 is 2.26 bits per heavy atom. The van der Waals surface area contributed by atoms with E-state index >= 15 is 0 Å². The van der Waals surface area contributed by atoms with Crippen molar-refractivity contribution in [2.45, 2.75) is 19.4 Å². The molecule has 1 aliphatic heterocycles. The highest BCUT2D eigenvalue weighted by Crippen LogP contribution is 2.24. The fourth-order valence-corrected chi connectivity index (χ4v) is 3.57. The molecule has 0 spiro atoms. The summed E-state index contributed by atoms with van der Waals surface area (Å²) in [5.41, 5.74) is 1.80. The SMILES string of the molecule is O=C(CCN1CCc2sccc2C1)Nc1cccc([N+](=O)[O-])c1. The number of non-ortho nitro benzene ring substituents is 1. The van der Waals surface area contributed by atoms with Crippen molar-refractivity contribution in [3.05, 3.63) is 56.3 Å². The van der Waals surface area contributed by atoms with Gasteiger partial charge >= 0.3 is 0 Å². The number of nitro groups is 1. The average Bonchev–Trinajstić information content (AvgIpc) is 3.01. The minimum atomic E-state index is -0.470. The zero-order valence-electron chi connectivity index (χ0n) is 12.5. The Labute approximate surface area is 137 Å². The van der Waals surface area contributed by atoms with Gasteiger partial charge in [0.25, 0.3) is 5.69 Å².